The quantitative estimate of drug-likeness (QED) is 0.820. The topological polar surface area (TPSA) is 64.5 Å². The fourth-order valence-corrected chi connectivity index (χ4v) is 2.22. The van der Waals surface area contributed by atoms with Crippen molar-refractivity contribution < 1.29 is 23.0 Å². The summed E-state index contributed by atoms with van der Waals surface area (Å²) in [6, 6.07) is 0. The van der Waals surface area contributed by atoms with Crippen molar-refractivity contribution in [1.29, 1.82) is 0 Å². The van der Waals surface area contributed by atoms with Crippen molar-refractivity contribution in [3.05, 3.63) is 17.5 Å². The Morgan fingerprint density at radius 3 is 2.61 bits per heavy atom. The van der Waals surface area contributed by atoms with Crippen LogP contribution in [0.4, 0.5) is 13.6 Å². The van der Waals surface area contributed by atoms with Crippen molar-refractivity contribution >= 4 is 17.7 Å². The molecule has 1 aromatic rings. The third kappa shape index (κ3) is 4.63. The second-order valence-corrected chi connectivity index (χ2v) is 6.57. The number of nitrogens with zero attached hydrogens (tertiary/aromatic N) is 3. The molecule has 6 nitrogen and oxygen atoms in total. The Balaban J connectivity index is 2.03. The highest BCUT2D eigenvalue weighted by molar-refractivity contribution is 6.30. The standard InChI is InChI=1S/C14H18ClF2N3O3/c1-13(2,3)23-12(21)20-7-4-9(14(16,17)8-20)22-11-10(15)18-5-6-19-11/h5-6,9H,4,7-8H2,1-3H3. The molecule has 23 heavy (non-hydrogen) atoms. The van der Waals surface area contributed by atoms with E-state index in [4.69, 9.17) is 21.1 Å². The van der Waals surface area contributed by atoms with Crippen molar-refractivity contribution in [3.8, 4) is 5.88 Å². The first-order chi connectivity index (χ1) is 10.6. The van der Waals surface area contributed by atoms with Crippen molar-refractivity contribution in [2.24, 2.45) is 0 Å². The first kappa shape index (κ1) is 17.7. The lowest BCUT2D eigenvalue weighted by Crippen LogP contribution is -2.56. The number of halogens is 3. The number of hydrogen-bond donors (Lipinski definition) is 0. The molecule has 1 unspecified atom stereocenters. The molecule has 1 aliphatic heterocycles. The average Bonchev–Trinajstić information content (AvgIpc) is 2.41. The van der Waals surface area contributed by atoms with Crippen molar-refractivity contribution in [2.45, 2.75) is 44.8 Å². The van der Waals surface area contributed by atoms with Gasteiger partial charge in [-0.25, -0.2) is 23.5 Å². The van der Waals surface area contributed by atoms with Crippen LogP contribution in [0.15, 0.2) is 12.4 Å². The van der Waals surface area contributed by atoms with Gasteiger partial charge in [-0.2, -0.15) is 0 Å². The molecule has 0 bridgehead atoms. The number of likely N-dealkylation sites (tertiary alicyclic amines) is 1. The number of aromatic nitrogens is 2. The number of carbonyl (C=O) groups excluding carboxylic acids is 1. The molecule has 0 spiro atoms. The van der Waals surface area contributed by atoms with Gasteiger partial charge in [-0.1, -0.05) is 11.6 Å². The molecule has 1 fully saturated rings. The molecule has 1 aromatic heterocycles. The minimum Gasteiger partial charge on any atom is -0.466 e. The maximum absolute atomic E-state index is 14.3. The van der Waals surface area contributed by atoms with Crippen LogP contribution in [-0.4, -0.2) is 51.7 Å². The highest BCUT2D eigenvalue weighted by Gasteiger charge is 2.48. The lowest BCUT2D eigenvalue weighted by atomic mass is 10.0. The summed E-state index contributed by atoms with van der Waals surface area (Å²) < 4.78 is 38.8. The number of alkyl halides is 2. The normalized spacial score (nSPS) is 21.0. The van der Waals surface area contributed by atoms with E-state index in [-0.39, 0.29) is 24.0 Å². The van der Waals surface area contributed by atoms with Gasteiger partial charge in [0.15, 0.2) is 11.3 Å². The summed E-state index contributed by atoms with van der Waals surface area (Å²) in [5.74, 6) is -3.40. The van der Waals surface area contributed by atoms with E-state index in [1.807, 2.05) is 0 Å². The average molecular weight is 350 g/mol. The Hall–Kier alpha value is -1.70. The molecular formula is C14H18ClF2N3O3. The number of carbonyl (C=O) groups is 1. The van der Waals surface area contributed by atoms with Gasteiger partial charge >= 0.3 is 12.0 Å². The number of piperidine rings is 1. The van der Waals surface area contributed by atoms with Gasteiger partial charge in [-0.15, -0.1) is 0 Å². The second-order valence-electron chi connectivity index (χ2n) is 6.21. The van der Waals surface area contributed by atoms with Crippen LogP contribution in [0.2, 0.25) is 5.15 Å². The summed E-state index contributed by atoms with van der Waals surface area (Å²) in [6.07, 6.45) is 0.357. The van der Waals surface area contributed by atoms with Gasteiger partial charge in [-0.3, -0.25) is 0 Å². The molecule has 9 heteroatoms. The number of amides is 1. The second kappa shape index (κ2) is 6.43. The maximum Gasteiger partial charge on any atom is 0.410 e. The number of hydrogen-bond acceptors (Lipinski definition) is 5. The van der Waals surface area contributed by atoms with Crippen LogP contribution in [0.25, 0.3) is 0 Å². The van der Waals surface area contributed by atoms with E-state index in [9.17, 15) is 13.6 Å². The smallest absolute Gasteiger partial charge is 0.410 e. The van der Waals surface area contributed by atoms with Gasteiger partial charge in [0.05, 0.1) is 6.54 Å². The largest absolute Gasteiger partial charge is 0.466 e. The molecule has 0 aromatic carbocycles. The Morgan fingerprint density at radius 1 is 1.39 bits per heavy atom. The Bertz CT molecular complexity index is 581. The van der Waals surface area contributed by atoms with Crippen LogP contribution in [0.5, 0.6) is 5.88 Å². The predicted molar refractivity (Wildman–Crippen MR) is 78.8 cm³/mol. The van der Waals surface area contributed by atoms with Crippen molar-refractivity contribution in [2.75, 3.05) is 13.1 Å². The molecule has 2 heterocycles. The summed E-state index contributed by atoms with van der Waals surface area (Å²) in [5.41, 5.74) is -0.743. The van der Waals surface area contributed by atoms with Crippen LogP contribution in [0, 0.1) is 0 Å². The summed E-state index contributed by atoms with van der Waals surface area (Å²) in [4.78, 5) is 20.4. The van der Waals surface area contributed by atoms with E-state index in [1.165, 1.54) is 12.4 Å². The summed E-state index contributed by atoms with van der Waals surface area (Å²) in [6.45, 7) is 4.33. The Kier molecular flexibility index (Phi) is 4.93. The molecule has 0 N–H and O–H groups in total. The summed E-state index contributed by atoms with van der Waals surface area (Å²) in [5, 5.41) is -0.0853. The fourth-order valence-electron chi connectivity index (χ4n) is 2.07. The molecule has 1 saturated heterocycles. The summed E-state index contributed by atoms with van der Waals surface area (Å²) in [7, 11) is 0. The maximum atomic E-state index is 14.3. The molecule has 128 valence electrons. The first-order valence-electron chi connectivity index (χ1n) is 7.07. The van der Waals surface area contributed by atoms with E-state index in [2.05, 4.69) is 9.97 Å². The fraction of sp³-hybridized carbons (Fsp3) is 0.643. The third-order valence-corrected chi connectivity index (χ3v) is 3.32. The monoisotopic (exact) mass is 349 g/mol. The zero-order valence-corrected chi connectivity index (χ0v) is 13.8. The van der Waals surface area contributed by atoms with Gasteiger partial charge in [0.2, 0.25) is 0 Å². The third-order valence-electron chi connectivity index (χ3n) is 3.06. The van der Waals surface area contributed by atoms with Gasteiger partial charge in [0, 0.05) is 25.4 Å². The zero-order chi connectivity index (χ0) is 17.3. The van der Waals surface area contributed by atoms with Crippen LogP contribution in [0.3, 0.4) is 0 Å². The molecule has 0 saturated carbocycles. The van der Waals surface area contributed by atoms with Crippen LogP contribution >= 0.6 is 11.6 Å². The molecule has 1 aliphatic rings. The van der Waals surface area contributed by atoms with Gasteiger partial charge < -0.3 is 14.4 Å². The van der Waals surface area contributed by atoms with E-state index in [0.717, 1.165) is 4.90 Å². The lowest BCUT2D eigenvalue weighted by molar-refractivity contribution is -0.138. The highest BCUT2D eigenvalue weighted by Crippen LogP contribution is 2.32. The highest BCUT2D eigenvalue weighted by atomic mass is 35.5. The Labute approximate surface area is 137 Å². The number of ether oxygens (including phenoxy) is 2. The molecule has 1 amide bonds. The van der Waals surface area contributed by atoms with Crippen molar-refractivity contribution in [3.63, 3.8) is 0 Å². The molecule has 1 atom stereocenters. The van der Waals surface area contributed by atoms with Gasteiger partial charge in [0.1, 0.15) is 5.60 Å². The van der Waals surface area contributed by atoms with Crippen LogP contribution in [-0.2, 0) is 4.74 Å². The lowest BCUT2D eigenvalue weighted by Gasteiger charge is -2.38. The predicted octanol–water partition coefficient (Wildman–Crippen LogP) is 3.15. The number of rotatable bonds is 2. The van der Waals surface area contributed by atoms with Crippen LogP contribution < -0.4 is 4.74 Å². The van der Waals surface area contributed by atoms with Gasteiger partial charge in [-0.05, 0) is 20.8 Å². The molecule has 0 radical (unpaired) electrons. The van der Waals surface area contributed by atoms with Crippen LogP contribution in [0.1, 0.15) is 27.2 Å². The van der Waals surface area contributed by atoms with E-state index < -0.39 is 30.3 Å². The van der Waals surface area contributed by atoms with E-state index in [0.29, 0.717) is 0 Å². The minimum absolute atomic E-state index is 0.0703. The zero-order valence-electron chi connectivity index (χ0n) is 13.1. The van der Waals surface area contributed by atoms with Crippen molar-refractivity contribution in [1.82, 2.24) is 14.9 Å². The Morgan fingerprint density at radius 2 is 2.04 bits per heavy atom. The first-order valence-corrected chi connectivity index (χ1v) is 7.45. The molecular weight excluding hydrogens is 332 g/mol. The minimum atomic E-state index is -3.25. The van der Waals surface area contributed by atoms with E-state index >= 15 is 0 Å². The summed E-state index contributed by atoms with van der Waals surface area (Å²) >= 11 is 5.76. The molecule has 0 aliphatic carbocycles. The molecule has 2 rings (SSSR count). The van der Waals surface area contributed by atoms with E-state index in [1.54, 1.807) is 20.8 Å². The van der Waals surface area contributed by atoms with Gasteiger partial charge in [0.25, 0.3) is 5.88 Å². The SMILES string of the molecule is CC(C)(C)OC(=O)N1CCC(Oc2nccnc2Cl)C(F)(F)C1.